The fourth-order valence-electron chi connectivity index (χ4n) is 2.81. The second-order valence-electron chi connectivity index (χ2n) is 6.13. The van der Waals surface area contributed by atoms with Crippen molar-refractivity contribution in [2.24, 2.45) is 0 Å². The first-order valence-corrected chi connectivity index (χ1v) is 10.7. The molecule has 29 heavy (non-hydrogen) atoms. The molecule has 5 nitrogen and oxygen atoms in total. The summed E-state index contributed by atoms with van der Waals surface area (Å²) in [5, 5.41) is 3.32. The highest BCUT2D eigenvalue weighted by Crippen LogP contribution is 2.29. The highest BCUT2D eigenvalue weighted by Gasteiger charge is 2.13. The van der Waals surface area contributed by atoms with Crippen molar-refractivity contribution < 1.29 is 14.3 Å². The van der Waals surface area contributed by atoms with Gasteiger partial charge in [-0.25, -0.2) is 4.98 Å². The lowest BCUT2D eigenvalue weighted by Gasteiger charge is -2.04. The van der Waals surface area contributed by atoms with Gasteiger partial charge < -0.3 is 4.74 Å². The third-order valence-electron chi connectivity index (χ3n) is 4.25. The van der Waals surface area contributed by atoms with E-state index in [1.54, 1.807) is 36.4 Å². The molecule has 0 aliphatic heterocycles. The molecule has 0 unspecified atom stereocenters. The third-order valence-corrected chi connectivity index (χ3v) is 5.43. The quantitative estimate of drug-likeness (QED) is 0.300. The lowest BCUT2D eigenvalue weighted by atomic mass is 10.0. The van der Waals surface area contributed by atoms with Crippen molar-refractivity contribution in [1.29, 1.82) is 0 Å². The first-order chi connectivity index (χ1) is 14.1. The van der Waals surface area contributed by atoms with Crippen LogP contribution in [0.2, 0.25) is 0 Å². The van der Waals surface area contributed by atoms with E-state index in [0.29, 0.717) is 33.1 Å². The van der Waals surface area contributed by atoms with Crippen molar-refractivity contribution >= 4 is 54.3 Å². The van der Waals surface area contributed by atoms with Gasteiger partial charge in [-0.05, 0) is 40.2 Å². The number of carbonyl (C=O) groups is 2. The number of nitrogens with zero attached hydrogens (tertiary/aromatic N) is 1. The van der Waals surface area contributed by atoms with Crippen molar-refractivity contribution in [2.45, 2.75) is 0 Å². The summed E-state index contributed by atoms with van der Waals surface area (Å²) in [7, 11) is 0. The fourth-order valence-corrected chi connectivity index (χ4v) is 3.92. The molecular formula is C22H15BrN2O3S. The number of fused-ring (bicyclic) bond motifs is 1. The van der Waals surface area contributed by atoms with Gasteiger partial charge in [0.05, 0.1) is 10.2 Å². The van der Waals surface area contributed by atoms with Crippen molar-refractivity contribution in [3.8, 4) is 5.75 Å². The van der Waals surface area contributed by atoms with E-state index in [2.05, 4.69) is 26.2 Å². The van der Waals surface area contributed by atoms with Gasteiger partial charge in [0, 0.05) is 22.8 Å². The molecule has 0 aliphatic rings. The predicted molar refractivity (Wildman–Crippen MR) is 118 cm³/mol. The molecule has 7 heteroatoms. The highest BCUT2D eigenvalue weighted by molar-refractivity contribution is 9.09. The number of nitrogens with one attached hydrogen (secondary N) is 1. The van der Waals surface area contributed by atoms with Gasteiger partial charge in [-0.1, -0.05) is 53.8 Å². The van der Waals surface area contributed by atoms with E-state index < -0.39 is 0 Å². The molecule has 0 bridgehead atoms. The van der Waals surface area contributed by atoms with E-state index in [0.717, 1.165) is 10.2 Å². The maximum atomic E-state index is 12.6. The van der Waals surface area contributed by atoms with Crippen LogP contribution in [0.5, 0.6) is 5.75 Å². The monoisotopic (exact) mass is 466 g/mol. The van der Waals surface area contributed by atoms with E-state index in [9.17, 15) is 9.59 Å². The molecule has 0 saturated heterocycles. The van der Waals surface area contributed by atoms with E-state index >= 15 is 0 Å². The number of anilines is 1. The van der Waals surface area contributed by atoms with Crippen LogP contribution in [0, 0.1) is 0 Å². The summed E-state index contributed by atoms with van der Waals surface area (Å²) >= 11 is 4.61. The summed E-state index contributed by atoms with van der Waals surface area (Å²) in [4.78, 5) is 29.5. The van der Waals surface area contributed by atoms with Gasteiger partial charge in [-0.3, -0.25) is 14.9 Å². The average Bonchev–Trinajstić information content (AvgIpc) is 3.15. The van der Waals surface area contributed by atoms with Gasteiger partial charge in [0.2, 0.25) is 0 Å². The largest absolute Gasteiger partial charge is 0.482 e. The normalized spacial score (nSPS) is 10.7. The number of ether oxygens (including phenoxy) is 1. The molecule has 0 fully saturated rings. The number of hydrogen-bond donors (Lipinski definition) is 1. The Morgan fingerprint density at radius 2 is 1.62 bits per heavy atom. The summed E-state index contributed by atoms with van der Waals surface area (Å²) in [6.07, 6.45) is 0. The van der Waals surface area contributed by atoms with Crippen LogP contribution >= 0.6 is 27.3 Å². The van der Waals surface area contributed by atoms with E-state index in [1.165, 1.54) is 11.3 Å². The SMILES string of the molecule is O=C(Nc1nc2cc(OCBr)ccc2s1)c1ccc(C(=O)c2ccccc2)cc1. The summed E-state index contributed by atoms with van der Waals surface area (Å²) in [6, 6.07) is 21.2. The predicted octanol–water partition coefficient (Wildman–Crippen LogP) is 5.51. The zero-order valence-corrected chi connectivity index (χ0v) is 17.5. The number of carbonyl (C=O) groups excluding carboxylic acids is 2. The Hall–Kier alpha value is -3.03. The Morgan fingerprint density at radius 1 is 0.931 bits per heavy atom. The first-order valence-electron chi connectivity index (χ1n) is 8.74. The lowest BCUT2D eigenvalue weighted by Crippen LogP contribution is -2.12. The molecule has 0 saturated carbocycles. The molecule has 4 rings (SSSR count). The number of aromatic nitrogens is 1. The second kappa shape index (κ2) is 8.55. The molecule has 0 atom stereocenters. The van der Waals surface area contributed by atoms with Crippen molar-refractivity contribution in [3.63, 3.8) is 0 Å². The third kappa shape index (κ3) is 4.36. The van der Waals surface area contributed by atoms with Gasteiger partial charge in [0.1, 0.15) is 11.3 Å². The van der Waals surface area contributed by atoms with Crippen LogP contribution < -0.4 is 10.1 Å². The standard InChI is InChI=1S/C22H15BrN2O3S/c23-13-28-17-10-11-19-18(12-17)24-22(29-19)25-21(27)16-8-6-15(7-9-16)20(26)14-4-2-1-3-5-14/h1-12H,13H2,(H,24,25,27). The van der Waals surface area contributed by atoms with Crippen molar-refractivity contribution in [2.75, 3.05) is 10.8 Å². The number of halogens is 1. The highest BCUT2D eigenvalue weighted by atomic mass is 79.9. The number of benzene rings is 3. The Kier molecular flexibility index (Phi) is 5.69. The summed E-state index contributed by atoms with van der Waals surface area (Å²) < 4.78 is 6.35. The minimum absolute atomic E-state index is 0.0785. The topological polar surface area (TPSA) is 68.3 Å². The average molecular weight is 467 g/mol. The summed E-state index contributed by atoms with van der Waals surface area (Å²) in [5.41, 5.74) is 2.76. The van der Waals surface area contributed by atoms with Crippen molar-refractivity contribution in [3.05, 3.63) is 89.5 Å². The van der Waals surface area contributed by atoms with Crippen LogP contribution in [0.4, 0.5) is 5.13 Å². The van der Waals surface area contributed by atoms with E-state index in [-0.39, 0.29) is 11.7 Å². The Morgan fingerprint density at radius 3 is 2.34 bits per heavy atom. The molecule has 1 aromatic heterocycles. The van der Waals surface area contributed by atoms with Crippen LogP contribution in [0.3, 0.4) is 0 Å². The smallest absolute Gasteiger partial charge is 0.257 e. The molecule has 3 aromatic carbocycles. The van der Waals surface area contributed by atoms with Crippen molar-refractivity contribution in [1.82, 2.24) is 4.98 Å². The molecule has 0 aliphatic carbocycles. The van der Waals surface area contributed by atoms with Gasteiger partial charge in [0.25, 0.3) is 5.91 Å². The maximum Gasteiger partial charge on any atom is 0.257 e. The molecule has 1 heterocycles. The maximum absolute atomic E-state index is 12.6. The van der Waals surface area contributed by atoms with Crippen LogP contribution in [0.1, 0.15) is 26.3 Å². The van der Waals surface area contributed by atoms with Gasteiger partial charge in [-0.2, -0.15) is 0 Å². The molecule has 1 amide bonds. The van der Waals surface area contributed by atoms with Gasteiger partial charge in [-0.15, -0.1) is 0 Å². The van der Waals surface area contributed by atoms with Crippen LogP contribution in [0.25, 0.3) is 10.2 Å². The molecular weight excluding hydrogens is 452 g/mol. The van der Waals surface area contributed by atoms with Gasteiger partial charge >= 0.3 is 0 Å². The van der Waals surface area contributed by atoms with E-state index in [1.807, 2.05) is 36.4 Å². The Labute approximate surface area is 179 Å². The number of amides is 1. The zero-order chi connectivity index (χ0) is 20.2. The molecule has 0 spiro atoms. The Balaban J connectivity index is 1.48. The second-order valence-corrected chi connectivity index (χ2v) is 7.62. The minimum atomic E-state index is -0.278. The summed E-state index contributed by atoms with van der Waals surface area (Å²) in [6.45, 7) is 0. The molecule has 144 valence electrons. The van der Waals surface area contributed by atoms with Crippen LogP contribution in [-0.4, -0.2) is 22.2 Å². The van der Waals surface area contributed by atoms with Crippen LogP contribution in [0.15, 0.2) is 72.8 Å². The van der Waals surface area contributed by atoms with E-state index in [4.69, 9.17) is 4.74 Å². The lowest BCUT2D eigenvalue weighted by molar-refractivity contribution is 0.102. The van der Waals surface area contributed by atoms with Crippen LogP contribution in [-0.2, 0) is 0 Å². The number of ketones is 1. The zero-order valence-electron chi connectivity index (χ0n) is 15.1. The molecule has 4 aromatic rings. The first kappa shape index (κ1) is 19.3. The number of hydrogen-bond acceptors (Lipinski definition) is 5. The molecule has 0 radical (unpaired) electrons. The minimum Gasteiger partial charge on any atom is -0.482 e. The number of alkyl halides is 1. The fraction of sp³-hybridized carbons (Fsp3) is 0.0455. The Bertz CT molecular complexity index is 1170. The molecule has 1 N–H and O–H groups in total. The van der Waals surface area contributed by atoms with Gasteiger partial charge in [0.15, 0.2) is 10.9 Å². The number of rotatable bonds is 6. The number of thiazole rings is 1. The summed E-state index contributed by atoms with van der Waals surface area (Å²) in [5.74, 6) is 0.348.